The van der Waals surface area contributed by atoms with Crippen molar-refractivity contribution in [3.63, 3.8) is 0 Å². The van der Waals surface area contributed by atoms with Gasteiger partial charge in [0.1, 0.15) is 5.82 Å². The Labute approximate surface area is 115 Å². The van der Waals surface area contributed by atoms with Gasteiger partial charge in [-0.3, -0.25) is 0 Å². The number of nitriles is 1. The normalized spacial score (nSPS) is 19.9. The van der Waals surface area contributed by atoms with Gasteiger partial charge in [-0.15, -0.1) is 0 Å². The van der Waals surface area contributed by atoms with Crippen molar-refractivity contribution in [3.8, 4) is 6.07 Å². The fourth-order valence-electron chi connectivity index (χ4n) is 2.59. The van der Waals surface area contributed by atoms with Crippen LogP contribution in [0.1, 0.15) is 38.2 Å². The van der Waals surface area contributed by atoms with Gasteiger partial charge in [0.2, 0.25) is 0 Å². The van der Waals surface area contributed by atoms with Crippen molar-refractivity contribution in [2.75, 3.05) is 25.0 Å². The average Bonchev–Trinajstić information content (AvgIpc) is 2.45. The van der Waals surface area contributed by atoms with Crippen molar-refractivity contribution in [3.05, 3.63) is 23.9 Å². The number of nitrogens with zero attached hydrogens (tertiary/aromatic N) is 3. The quantitative estimate of drug-likeness (QED) is 0.825. The maximum Gasteiger partial charge on any atom is 0.127 e. The molecular weight excluding hydrogens is 236 g/mol. The summed E-state index contributed by atoms with van der Waals surface area (Å²) in [4.78, 5) is 6.78. The van der Waals surface area contributed by atoms with Crippen LogP contribution in [0.2, 0.25) is 0 Å². The maximum atomic E-state index is 8.82. The Hall–Kier alpha value is -1.60. The molecule has 4 heteroatoms. The third-order valence-corrected chi connectivity index (χ3v) is 3.76. The van der Waals surface area contributed by atoms with E-state index in [1.807, 2.05) is 0 Å². The first kappa shape index (κ1) is 13.8. The number of hydrogen-bond acceptors (Lipinski definition) is 4. The summed E-state index contributed by atoms with van der Waals surface area (Å²) >= 11 is 0. The van der Waals surface area contributed by atoms with Gasteiger partial charge >= 0.3 is 0 Å². The van der Waals surface area contributed by atoms with Crippen LogP contribution in [0.3, 0.4) is 0 Å². The van der Waals surface area contributed by atoms with E-state index >= 15 is 0 Å². The summed E-state index contributed by atoms with van der Waals surface area (Å²) in [5.74, 6) is 0.797. The van der Waals surface area contributed by atoms with Gasteiger partial charge in [-0.1, -0.05) is 6.42 Å². The van der Waals surface area contributed by atoms with Crippen molar-refractivity contribution in [2.45, 2.75) is 38.6 Å². The molecule has 1 atom stereocenters. The second-order valence-corrected chi connectivity index (χ2v) is 5.20. The van der Waals surface area contributed by atoms with E-state index in [1.165, 1.54) is 25.8 Å². The molecule has 1 aromatic rings. The zero-order chi connectivity index (χ0) is 13.5. The number of pyridine rings is 1. The Bertz CT molecular complexity index is 438. The Balaban J connectivity index is 1.70. The van der Waals surface area contributed by atoms with Crippen LogP contribution in [0.15, 0.2) is 18.3 Å². The van der Waals surface area contributed by atoms with Gasteiger partial charge in [0, 0.05) is 25.3 Å². The molecule has 0 amide bonds. The Morgan fingerprint density at radius 2 is 2.42 bits per heavy atom. The van der Waals surface area contributed by atoms with Crippen molar-refractivity contribution in [1.82, 2.24) is 9.88 Å². The van der Waals surface area contributed by atoms with Gasteiger partial charge in [0.25, 0.3) is 0 Å². The van der Waals surface area contributed by atoms with Crippen molar-refractivity contribution in [1.29, 1.82) is 5.26 Å². The number of rotatable bonds is 5. The molecule has 0 aliphatic carbocycles. The molecule has 0 bridgehead atoms. The summed E-state index contributed by atoms with van der Waals surface area (Å²) in [7, 11) is 0. The molecule has 1 aromatic heterocycles. The predicted octanol–water partition coefficient (Wildman–Crippen LogP) is 2.63. The molecule has 1 aliphatic heterocycles. The number of piperidine rings is 1. The lowest BCUT2D eigenvalue weighted by Crippen LogP contribution is -2.38. The number of hydrogen-bond donors (Lipinski definition) is 1. The highest BCUT2D eigenvalue weighted by molar-refractivity contribution is 5.42. The van der Waals surface area contributed by atoms with Crippen LogP contribution in [0.5, 0.6) is 0 Å². The third-order valence-electron chi connectivity index (χ3n) is 3.76. The first-order valence-electron chi connectivity index (χ1n) is 7.13. The summed E-state index contributed by atoms with van der Waals surface area (Å²) < 4.78 is 0. The monoisotopic (exact) mass is 258 g/mol. The minimum absolute atomic E-state index is 0.655. The molecule has 0 aromatic carbocycles. The van der Waals surface area contributed by atoms with Gasteiger partial charge in [-0.05, 0) is 44.9 Å². The molecule has 4 nitrogen and oxygen atoms in total. The molecule has 1 fully saturated rings. The Kier molecular flexibility index (Phi) is 5.17. The van der Waals surface area contributed by atoms with Gasteiger partial charge < -0.3 is 10.2 Å². The van der Waals surface area contributed by atoms with E-state index in [2.05, 4.69) is 28.2 Å². The summed E-state index contributed by atoms with van der Waals surface area (Å²) in [6.45, 7) is 5.62. The molecule has 2 heterocycles. The lowest BCUT2D eigenvalue weighted by atomic mass is 10.0. The third kappa shape index (κ3) is 4.22. The second kappa shape index (κ2) is 7.10. The molecule has 1 unspecified atom stereocenters. The predicted molar refractivity (Wildman–Crippen MR) is 76.9 cm³/mol. The van der Waals surface area contributed by atoms with E-state index in [0.717, 1.165) is 31.4 Å². The molecule has 1 N–H and O–H groups in total. The molecule has 0 saturated carbocycles. The van der Waals surface area contributed by atoms with E-state index in [4.69, 9.17) is 5.26 Å². The molecular formula is C15H22N4. The summed E-state index contributed by atoms with van der Waals surface area (Å²) in [6, 6.07) is 6.38. The minimum Gasteiger partial charge on any atom is -0.370 e. The van der Waals surface area contributed by atoms with Crippen LogP contribution >= 0.6 is 0 Å². The second-order valence-electron chi connectivity index (χ2n) is 5.20. The number of aromatic nitrogens is 1. The van der Waals surface area contributed by atoms with E-state index in [0.29, 0.717) is 5.56 Å². The smallest absolute Gasteiger partial charge is 0.127 e. The average molecular weight is 258 g/mol. The molecule has 2 rings (SSSR count). The zero-order valence-corrected chi connectivity index (χ0v) is 11.6. The minimum atomic E-state index is 0.655. The summed E-state index contributed by atoms with van der Waals surface area (Å²) in [5.41, 5.74) is 0.655. The molecule has 0 radical (unpaired) electrons. The highest BCUT2D eigenvalue weighted by atomic mass is 15.2. The van der Waals surface area contributed by atoms with Crippen molar-refractivity contribution >= 4 is 5.82 Å². The molecule has 1 aliphatic rings. The van der Waals surface area contributed by atoms with E-state index in [-0.39, 0.29) is 0 Å². The molecule has 0 spiro atoms. The van der Waals surface area contributed by atoms with Crippen LogP contribution in [0.4, 0.5) is 5.82 Å². The number of anilines is 1. The molecule has 102 valence electrons. The van der Waals surface area contributed by atoms with Gasteiger partial charge in [0.05, 0.1) is 11.6 Å². The Morgan fingerprint density at radius 1 is 1.53 bits per heavy atom. The van der Waals surface area contributed by atoms with Crippen LogP contribution in [0.25, 0.3) is 0 Å². The van der Waals surface area contributed by atoms with Crippen LogP contribution < -0.4 is 5.32 Å². The van der Waals surface area contributed by atoms with Crippen LogP contribution in [-0.2, 0) is 0 Å². The fourth-order valence-corrected chi connectivity index (χ4v) is 2.59. The lowest BCUT2D eigenvalue weighted by molar-refractivity contribution is 0.160. The lowest BCUT2D eigenvalue weighted by Gasteiger charge is -2.33. The van der Waals surface area contributed by atoms with Crippen molar-refractivity contribution < 1.29 is 0 Å². The first-order valence-corrected chi connectivity index (χ1v) is 7.13. The van der Waals surface area contributed by atoms with E-state index < -0.39 is 0 Å². The summed E-state index contributed by atoms with van der Waals surface area (Å²) in [6.07, 6.45) is 6.83. The fraction of sp³-hybridized carbons (Fsp3) is 0.600. The van der Waals surface area contributed by atoms with Gasteiger partial charge in [0.15, 0.2) is 0 Å². The van der Waals surface area contributed by atoms with Crippen LogP contribution in [0, 0.1) is 11.3 Å². The van der Waals surface area contributed by atoms with E-state index in [1.54, 1.807) is 18.3 Å². The first-order chi connectivity index (χ1) is 9.29. The largest absolute Gasteiger partial charge is 0.370 e. The van der Waals surface area contributed by atoms with Gasteiger partial charge in [-0.2, -0.15) is 5.26 Å². The molecule has 19 heavy (non-hydrogen) atoms. The van der Waals surface area contributed by atoms with Crippen LogP contribution in [-0.4, -0.2) is 35.6 Å². The Morgan fingerprint density at radius 3 is 3.21 bits per heavy atom. The topological polar surface area (TPSA) is 52.0 Å². The highest BCUT2D eigenvalue weighted by Gasteiger charge is 2.16. The van der Waals surface area contributed by atoms with E-state index in [9.17, 15) is 0 Å². The highest BCUT2D eigenvalue weighted by Crippen LogP contribution is 2.16. The maximum absolute atomic E-state index is 8.82. The van der Waals surface area contributed by atoms with Gasteiger partial charge in [-0.25, -0.2) is 4.98 Å². The standard InChI is InChI=1S/C15H22N4/c1-13-5-2-3-9-19(13)10-4-7-17-15-11-14(12-16)6-8-18-15/h6,8,11,13H,2-5,7,9-10H2,1H3,(H,17,18). The SMILES string of the molecule is CC1CCCCN1CCCNc1cc(C#N)ccn1. The molecule has 1 saturated heterocycles. The zero-order valence-electron chi connectivity index (χ0n) is 11.6. The number of nitrogens with one attached hydrogen (secondary N) is 1. The number of likely N-dealkylation sites (tertiary alicyclic amines) is 1. The summed E-state index contributed by atoms with van der Waals surface area (Å²) in [5, 5.41) is 12.1. The van der Waals surface area contributed by atoms with Crippen molar-refractivity contribution in [2.24, 2.45) is 0 Å².